The zero-order valence-corrected chi connectivity index (χ0v) is 13.3. The van der Waals surface area contributed by atoms with Gasteiger partial charge in [-0.3, -0.25) is 4.90 Å². The molecule has 6 heteroatoms. The van der Waals surface area contributed by atoms with Gasteiger partial charge in [0, 0.05) is 24.7 Å². The van der Waals surface area contributed by atoms with Gasteiger partial charge in [0.15, 0.2) is 0 Å². The van der Waals surface area contributed by atoms with E-state index in [1.165, 1.54) is 12.8 Å². The highest BCUT2D eigenvalue weighted by atomic mass is 35.5. The van der Waals surface area contributed by atoms with Gasteiger partial charge in [-0.1, -0.05) is 16.8 Å². The highest BCUT2D eigenvalue weighted by Gasteiger charge is 2.20. The highest BCUT2D eigenvalue weighted by molar-refractivity contribution is 6.30. The van der Waals surface area contributed by atoms with E-state index >= 15 is 0 Å². The van der Waals surface area contributed by atoms with E-state index in [0.29, 0.717) is 10.9 Å². The Morgan fingerprint density at radius 1 is 1.27 bits per heavy atom. The third-order valence-corrected chi connectivity index (χ3v) is 4.41. The molecule has 118 valence electrons. The number of nitrogens with zero attached hydrogens (tertiary/aromatic N) is 4. The normalized spacial score (nSPS) is 19.5. The van der Waals surface area contributed by atoms with Crippen molar-refractivity contribution < 1.29 is 5.11 Å². The number of aliphatic hydroxyl groups excluding tert-OH is 1. The Kier molecular flexibility index (Phi) is 5.08. The molecular weight excluding hydrogens is 300 g/mol. The molecule has 0 bridgehead atoms. The predicted octanol–water partition coefficient (Wildman–Crippen LogP) is 2.52. The number of aromatic nitrogens is 3. The number of hydrogen-bond donors (Lipinski definition) is 1. The van der Waals surface area contributed by atoms with Gasteiger partial charge in [0.1, 0.15) is 0 Å². The summed E-state index contributed by atoms with van der Waals surface area (Å²) in [5.74, 6) is 0.602. The van der Waals surface area contributed by atoms with Gasteiger partial charge in [-0.2, -0.15) is 0 Å². The van der Waals surface area contributed by atoms with Crippen molar-refractivity contribution in [2.45, 2.75) is 25.8 Å². The van der Waals surface area contributed by atoms with Crippen molar-refractivity contribution in [3.63, 3.8) is 0 Å². The lowest BCUT2D eigenvalue weighted by Gasteiger charge is -2.31. The summed E-state index contributed by atoms with van der Waals surface area (Å²) >= 11 is 5.90. The average Bonchev–Trinajstić information content (AvgIpc) is 2.97. The van der Waals surface area contributed by atoms with E-state index in [1.54, 1.807) is 4.68 Å². The molecule has 1 fully saturated rings. The van der Waals surface area contributed by atoms with Crippen LogP contribution < -0.4 is 0 Å². The van der Waals surface area contributed by atoms with E-state index in [4.69, 9.17) is 16.7 Å². The number of hydrogen-bond acceptors (Lipinski definition) is 4. The fraction of sp³-hybridized carbons (Fsp3) is 0.500. The van der Waals surface area contributed by atoms with Crippen LogP contribution in [-0.4, -0.2) is 44.7 Å². The second kappa shape index (κ2) is 7.22. The molecular formula is C16H21ClN4O. The van der Waals surface area contributed by atoms with E-state index < -0.39 is 0 Å². The molecule has 5 nitrogen and oxygen atoms in total. The first-order chi connectivity index (χ1) is 10.7. The lowest BCUT2D eigenvalue weighted by molar-refractivity contribution is 0.141. The first-order valence-corrected chi connectivity index (χ1v) is 8.13. The lowest BCUT2D eigenvalue weighted by atomic mass is 9.95. The zero-order chi connectivity index (χ0) is 15.4. The maximum Gasteiger partial charge on any atom is 0.0971 e. The maximum atomic E-state index is 9.09. The van der Waals surface area contributed by atoms with Crippen molar-refractivity contribution in [1.29, 1.82) is 0 Å². The molecule has 22 heavy (non-hydrogen) atoms. The van der Waals surface area contributed by atoms with Crippen molar-refractivity contribution in [2.75, 3.05) is 19.7 Å². The van der Waals surface area contributed by atoms with E-state index in [2.05, 4.69) is 15.2 Å². The van der Waals surface area contributed by atoms with Gasteiger partial charge >= 0.3 is 0 Å². The fourth-order valence-electron chi connectivity index (χ4n) is 3.03. The summed E-state index contributed by atoms with van der Waals surface area (Å²) in [4.78, 5) is 2.40. The Morgan fingerprint density at radius 2 is 2.09 bits per heavy atom. The molecule has 0 saturated carbocycles. The molecule has 0 radical (unpaired) electrons. The van der Waals surface area contributed by atoms with Crippen LogP contribution in [0.3, 0.4) is 0 Å². The smallest absolute Gasteiger partial charge is 0.0971 e. The number of likely N-dealkylation sites (tertiary alicyclic amines) is 1. The molecule has 1 aromatic carbocycles. The molecule has 0 aliphatic carbocycles. The monoisotopic (exact) mass is 320 g/mol. The van der Waals surface area contributed by atoms with Crippen molar-refractivity contribution in [2.24, 2.45) is 5.92 Å². The third kappa shape index (κ3) is 3.85. The summed E-state index contributed by atoms with van der Waals surface area (Å²) < 4.78 is 1.78. The van der Waals surface area contributed by atoms with Crippen molar-refractivity contribution in [3.05, 3.63) is 41.2 Å². The van der Waals surface area contributed by atoms with Crippen LogP contribution in [0.15, 0.2) is 30.5 Å². The van der Waals surface area contributed by atoms with Crippen molar-refractivity contribution in [1.82, 2.24) is 19.9 Å². The number of rotatable bonds is 5. The van der Waals surface area contributed by atoms with Gasteiger partial charge in [-0.25, -0.2) is 4.68 Å². The van der Waals surface area contributed by atoms with E-state index in [0.717, 1.165) is 37.4 Å². The zero-order valence-electron chi connectivity index (χ0n) is 12.5. The Hall–Kier alpha value is -1.43. The first kappa shape index (κ1) is 15.5. The van der Waals surface area contributed by atoms with Gasteiger partial charge in [0.2, 0.25) is 0 Å². The molecule has 1 aliphatic heterocycles. The van der Waals surface area contributed by atoms with Crippen LogP contribution in [0.4, 0.5) is 0 Å². The summed E-state index contributed by atoms with van der Waals surface area (Å²) in [5, 5.41) is 18.3. The molecule has 2 heterocycles. The summed E-state index contributed by atoms with van der Waals surface area (Å²) in [6.07, 6.45) is 5.28. The second-order valence-electron chi connectivity index (χ2n) is 5.89. The van der Waals surface area contributed by atoms with E-state index in [1.807, 2.05) is 30.5 Å². The molecule has 1 atom stereocenters. The Balaban J connectivity index is 1.63. The molecule has 2 aromatic rings. The summed E-state index contributed by atoms with van der Waals surface area (Å²) in [6.45, 7) is 3.23. The van der Waals surface area contributed by atoms with Crippen LogP contribution in [0.2, 0.25) is 5.02 Å². The number of piperidine rings is 1. The molecule has 1 aromatic heterocycles. The summed E-state index contributed by atoms with van der Waals surface area (Å²) in [6, 6.07) is 7.56. The van der Waals surface area contributed by atoms with Crippen LogP contribution in [0.5, 0.6) is 0 Å². The number of aliphatic hydroxyl groups is 1. The van der Waals surface area contributed by atoms with Gasteiger partial charge in [-0.05, 0) is 56.0 Å². The molecule has 0 unspecified atom stereocenters. The minimum Gasteiger partial charge on any atom is -0.396 e. The van der Waals surface area contributed by atoms with Gasteiger partial charge < -0.3 is 5.11 Å². The lowest BCUT2D eigenvalue weighted by Crippen LogP contribution is -2.35. The minimum absolute atomic E-state index is 0.283. The predicted molar refractivity (Wildman–Crippen MR) is 86.1 cm³/mol. The standard InChI is InChI=1S/C16H21ClN4O/c17-14-3-5-16(6-4-14)21-12-15(18-19-21)11-20-8-1-2-13(10-20)7-9-22/h3-6,12-13,22H,1-2,7-11H2/t13-/m1/s1. The quantitative estimate of drug-likeness (QED) is 0.919. The molecule has 1 aliphatic rings. The van der Waals surface area contributed by atoms with Crippen LogP contribution in [0.1, 0.15) is 25.0 Å². The van der Waals surface area contributed by atoms with Crippen LogP contribution in [0, 0.1) is 5.92 Å². The van der Waals surface area contributed by atoms with Crippen LogP contribution >= 0.6 is 11.6 Å². The Bertz CT molecular complexity index is 596. The maximum absolute atomic E-state index is 9.09. The Morgan fingerprint density at radius 3 is 2.86 bits per heavy atom. The number of benzene rings is 1. The largest absolute Gasteiger partial charge is 0.396 e. The van der Waals surface area contributed by atoms with E-state index in [9.17, 15) is 0 Å². The third-order valence-electron chi connectivity index (χ3n) is 4.16. The Labute approximate surface area is 135 Å². The minimum atomic E-state index is 0.283. The van der Waals surface area contributed by atoms with Gasteiger partial charge in [0.05, 0.1) is 17.6 Å². The molecule has 0 amide bonds. The van der Waals surface area contributed by atoms with Crippen molar-refractivity contribution in [3.8, 4) is 5.69 Å². The molecule has 0 spiro atoms. The van der Waals surface area contributed by atoms with Crippen molar-refractivity contribution >= 4 is 11.6 Å². The second-order valence-corrected chi connectivity index (χ2v) is 6.32. The topological polar surface area (TPSA) is 54.2 Å². The highest BCUT2D eigenvalue weighted by Crippen LogP contribution is 2.20. The average molecular weight is 321 g/mol. The molecule has 1 N–H and O–H groups in total. The summed E-state index contributed by atoms with van der Waals surface area (Å²) in [5.41, 5.74) is 1.93. The fourth-order valence-corrected chi connectivity index (χ4v) is 3.16. The first-order valence-electron chi connectivity index (χ1n) is 7.75. The summed E-state index contributed by atoms with van der Waals surface area (Å²) in [7, 11) is 0. The number of halogens is 1. The van der Waals surface area contributed by atoms with Crippen LogP contribution in [-0.2, 0) is 6.54 Å². The van der Waals surface area contributed by atoms with Crippen LogP contribution in [0.25, 0.3) is 5.69 Å². The van der Waals surface area contributed by atoms with E-state index in [-0.39, 0.29) is 6.61 Å². The molecule has 1 saturated heterocycles. The van der Waals surface area contributed by atoms with Gasteiger partial charge in [-0.15, -0.1) is 5.10 Å². The SMILES string of the molecule is OCC[C@H]1CCCN(Cc2cn(-c3ccc(Cl)cc3)nn2)C1. The molecule has 3 rings (SSSR count). The van der Waals surface area contributed by atoms with Gasteiger partial charge in [0.25, 0.3) is 0 Å².